The Labute approximate surface area is 99.5 Å². The predicted molar refractivity (Wildman–Crippen MR) is 64.9 cm³/mol. The van der Waals surface area contributed by atoms with E-state index in [1.165, 1.54) is 6.39 Å². The molecular formula is C11H15N5O. The average Bonchev–Trinajstić information content (AvgIpc) is 2.83. The Balaban J connectivity index is 1.84. The van der Waals surface area contributed by atoms with Crippen molar-refractivity contribution >= 4 is 11.4 Å². The van der Waals surface area contributed by atoms with Gasteiger partial charge in [0.15, 0.2) is 5.82 Å². The number of nitrogens with zero attached hydrogens (tertiary/aromatic N) is 3. The van der Waals surface area contributed by atoms with E-state index in [9.17, 15) is 0 Å². The second-order valence-electron chi connectivity index (χ2n) is 3.52. The topological polar surface area (TPSA) is 75.9 Å². The lowest BCUT2D eigenvalue weighted by molar-refractivity contribution is 0.410. The molecule has 2 aromatic heterocycles. The molecule has 0 spiro atoms. The van der Waals surface area contributed by atoms with Crippen molar-refractivity contribution in [3.05, 3.63) is 30.7 Å². The molecule has 0 atom stereocenters. The maximum absolute atomic E-state index is 4.66. The second kappa shape index (κ2) is 5.83. The van der Waals surface area contributed by atoms with E-state index in [4.69, 9.17) is 0 Å². The molecule has 0 unspecified atom stereocenters. The molecule has 2 rings (SSSR count). The maximum atomic E-state index is 4.66. The van der Waals surface area contributed by atoms with Gasteiger partial charge in [-0.25, -0.2) is 0 Å². The smallest absolute Gasteiger partial charge is 0.213 e. The van der Waals surface area contributed by atoms with E-state index in [1.54, 1.807) is 12.4 Å². The van der Waals surface area contributed by atoms with Crippen LogP contribution in [0.5, 0.6) is 0 Å². The number of hydrogen-bond acceptors (Lipinski definition) is 6. The Kier molecular flexibility index (Phi) is 3.90. The summed E-state index contributed by atoms with van der Waals surface area (Å²) in [5, 5.41) is 10.2. The van der Waals surface area contributed by atoms with E-state index in [-0.39, 0.29) is 0 Å². The van der Waals surface area contributed by atoms with Crippen LogP contribution in [-0.2, 0) is 6.42 Å². The van der Waals surface area contributed by atoms with Gasteiger partial charge in [0.05, 0.1) is 23.8 Å². The standard InChI is InChI=1S/C11H15N5O/c1-2-13-9-5-10(7-12-6-9)14-4-3-11-15-8-17-16-11/h5-8,13-14H,2-4H2,1H3. The van der Waals surface area contributed by atoms with Crippen LogP contribution in [0, 0.1) is 0 Å². The zero-order chi connectivity index (χ0) is 11.9. The van der Waals surface area contributed by atoms with E-state index >= 15 is 0 Å². The van der Waals surface area contributed by atoms with Gasteiger partial charge in [-0.15, -0.1) is 0 Å². The van der Waals surface area contributed by atoms with Crippen molar-refractivity contribution in [3.8, 4) is 0 Å². The third-order valence-corrected chi connectivity index (χ3v) is 2.20. The van der Waals surface area contributed by atoms with Crippen LogP contribution in [0.3, 0.4) is 0 Å². The van der Waals surface area contributed by atoms with E-state index in [1.807, 2.05) is 6.07 Å². The average molecular weight is 233 g/mol. The van der Waals surface area contributed by atoms with Gasteiger partial charge >= 0.3 is 0 Å². The van der Waals surface area contributed by atoms with Gasteiger partial charge in [-0.1, -0.05) is 5.16 Å². The van der Waals surface area contributed by atoms with Crippen LogP contribution >= 0.6 is 0 Å². The Morgan fingerprint density at radius 1 is 1.24 bits per heavy atom. The fraction of sp³-hybridized carbons (Fsp3) is 0.364. The molecule has 6 nitrogen and oxygen atoms in total. The SMILES string of the molecule is CCNc1cncc(NCCc2ncon2)c1. The summed E-state index contributed by atoms with van der Waals surface area (Å²) in [7, 11) is 0. The number of anilines is 2. The molecule has 6 heteroatoms. The molecule has 0 fully saturated rings. The Hall–Kier alpha value is -2.11. The number of pyridine rings is 1. The van der Waals surface area contributed by atoms with Crippen LogP contribution in [0.25, 0.3) is 0 Å². The third kappa shape index (κ3) is 3.44. The van der Waals surface area contributed by atoms with Crippen molar-refractivity contribution in [2.75, 3.05) is 23.7 Å². The van der Waals surface area contributed by atoms with Crippen LogP contribution in [-0.4, -0.2) is 28.2 Å². The summed E-state index contributed by atoms with van der Waals surface area (Å²) in [6.45, 7) is 3.68. The summed E-state index contributed by atoms with van der Waals surface area (Å²) in [5.74, 6) is 0.702. The maximum Gasteiger partial charge on any atom is 0.213 e. The Bertz CT molecular complexity index is 443. The fourth-order valence-corrected chi connectivity index (χ4v) is 1.46. The van der Waals surface area contributed by atoms with Crippen LogP contribution in [0.2, 0.25) is 0 Å². The second-order valence-corrected chi connectivity index (χ2v) is 3.52. The van der Waals surface area contributed by atoms with Gasteiger partial charge < -0.3 is 15.2 Å². The van der Waals surface area contributed by atoms with E-state index < -0.39 is 0 Å². The molecule has 0 aliphatic heterocycles. The molecule has 0 saturated carbocycles. The normalized spacial score (nSPS) is 10.2. The summed E-state index contributed by atoms with van der Waals surface area (Å²) < 4.78 is 4.66. The Morgan fingerprint density at radius 2 is 2.06 bits per heavy atom. The molecule has 2 N–H and O–H groups in total. The number of hydrogen-bond donors (Lipinski definition) is 2. The summed E-state index contributed by atoms with van der Waals surface area (Å²) in [4.78, 5) is 8.09. The first-order valence-corrected chi connectivity index (χ1v) is 5.56. The quantitative estimate of drug-likeness (QED) is 0.788. The molecule has 0 aliphatic carbocycles. The molecule has 2 heterocycles. The first-order chi connectivity index (χ1) is 8.38. The van der Waals surface area contributed by atoms with Crippen LogP contribution in [0.4, 0.5) is 11.4 Å². The molecule has 90 valence electrons. The zero-order valence-corrected chi connectivity index (χ0v) is 9.68. The lowest BCUT2D eigenvalue weighted by atomic mass is 10.3. The highest BCUT2D eigenvalue weighted by atomic mass is 16.5. The van der Waals surface area contributed by atoms with E-state index in [0.29, 0.717) is 5.82 Å². The number of nitrogens with one attached hydrogen (secondary N) is 2. The van der Waals surface area contributed by atoms with E-state index in [0.717, 1.165) is 30.9 Å². The van der Waals surface area contributed by atoms with Crippen molar-refractivity contribution in [1.82, 2.24) is 15.1 Å². The molecule has 0 amide bonds. The number of rotatable bonds is 6. The minimum Gasteiger partial charge on any atom is -0.384 e. The van der Waals surface area contributed by atoms with E-state index in [2.05, 4.69) is 37.2 Å². The lowest BCUT2D eigenvalue weighted by Gasteiger charge is -2.07. The molecule has 0 aromatic carbocycles. The number of aromatic nitrogens is 3. The Morgan fingerprint density at radius 3 is 2.76 bits per heavy atom. The van der Waals surface area contributed by atoms with Gasteiger partial charge in [0.2, 0.25) is 6.39 Å². The highest BCUT2D eigenvalue weighted by Gasteiger charge is 1.99. The van der Waals surface area contributed by atoms with Crippen molar-refractivity contribution in [1.29, 1.82) is 0 Å². The van der Waals surface area contributed by atoms with Crippen molar-refractivity contribution in [2.24, 2.45) is 0 Å². The molecule has 0 aliphatic rings. The predicted octanol–water partition coefficient (Wildman–Crippen LogP) is 1.55. The van der Waals surface area contributed by atoms with Gasteiger partial charge in [0.25, 0.3) is 0 Å². The van der Waals surface area contributed by atoms with Gasteiger partial charge in [-0.2, -0.15) is 4.98 Å². The zero-order valence-electron chi connectivity index (χ0n) is 9.68. The molecule has 0 bridgehead atoms. The van der Waals surface area contributed by atoms with Gasteiger partial charge in [-0.3, -0.25) is 4.98 Å². The summed E-state index contributed by atoms with van der Waals surface area (Å²) in [6, 6.07) is 2.02. The fourth-order valence-electron chi connectivity index (χ4n) is 1.46. The molecule has 0 saturated heterocycles. The van der Waals surface area contributed by atoms with Crippen molar-refractivity contribution in [2.45, 2.75) is 13.3 Å². The molecular weight excluding hydrogens is 218 g/mol. The molecule has 2 aromatic rings. The van der Waals surface area contributed by atoms with Crippen LogP contribution < -0.4 is 10.6 Å². The first kappa shape index (κ1) is 11.4. The first-order valence-electron chi connectivity index (χ1n) is 5.56. The van der Waals surface area contributed by atoms with Gasteiger partial charge in [-0.05, 0) is 13.0 Å². The third-order valence-electron chi connectivity index (χ3n) is 2.20. The van der Waals surface area contributed by atoms with Gasteiger partial charge in [0, 0.05) is 19.5 Å². The molecule has 17 heavy (non-hydrogen) atoms. The minimum atomic E-state index is 0.702. The summed E-state index contributed by atoms with van der Waals surface area (Å²) in [5.41, 5.74) is 1.99. The largest absolute Gasteiger partial charge is 0.384 e. The minimum absolute atomic E-state index is 0.702. The van der Waals surface area contributed by atoms with Crippen LogP contribution in [0.1, 0.15) is 12.7 Å². The highest BCUT2D eigenvalue weighted by molar-refractivity contribution is 5.53. The van der Waals surface area contributed by atoms with Gasteiger partial charge in [0.1, 0.15) is 0 Å². The summed E-state index contributed by atoms with van der Waals surface area (Å²) >= 11 is 0. The molecule has 0 radical (unpaired) electrons. The van der Waals surface area contributed by atoms with Crippen molar-refractivity contribution < 1.29 is 4.52 Å². The monoisotopic (exact) mass is 233 g/mol. The van der Waals surface area contributed by atoms with Crippen LogP contribution in [0.15, 0.2) is 29.4 Å². The lowest BCUT2D eigenvalue weighted by Crippen LogP contribution is -2.07. The summed E-state index contributed by atoms with van der Waals surface area (Å²) in [6.07, 6.45) is 5.65. The highest BCUT2D eigenvalue weighted by Crippen LogP contribution is 2.12. The van der Waals surface area contributed by atoms with Crippen molar-refractivity contribution in [3.63, 3.8) is 0 Å².